The summed E-state index contributed by atoms with van der Waals surface area (Å²) in [5.74, 6) is 0.704. The van der Waals surface area contributed by atoms with Crippen LogP contribution >= 0.6 is 0 Å². The van der Waals surface area contributed by atoms with E-state index in [-0.39, 0.29) is 0 Å². The molecule has 0 radical (unpaired) electrons. The lowest BCUT2D eigenvalue weighted by atomic mass is 10.0. The second-order valence-electron chi connectivity index (χ2n) is 5.44. The summed E-state index contributed by atoms with van der Waals surface area (Å²) in [5.41, 5.74) is 6.13. The van der Waals surface area contributed by atoms with E-state index in [0.29, 0.717) is 12.0 Å². The minimum Gasteiger partial charge on any atom is -0.327 e. The van der Waals surface area contributed by atoms with Crippen molar-refractivity contribution in [1.29, 1.82) is 0 Å². The van der Waals surface area contributed by atoms with Gasteiger partial charge >= 0.3 is 0 Å². The van der Waals surface area contributed by atoms with E-state index in [1.54, 1.807) is 0 Å². The topological polar surface area (TPSA) is 32.5 Å². The molecule has 98 valence electrons. The molecule has 0 bridgehead atoms. The molecule has 0 aromatic carbocycles. The molecule has 0 heterocycles. The highest BCUT2D eigenvalue weighted by Crippen LogP contribution is 2.04. The van der Waals surface area contributed by atoms with Gasteiger partial charge in [-0.3, -0.25) is 0 Å². The standard InChI is InChI=1S/C13H31N3/c1-6-16(9-7-8-15(4)5)11-13(14)10-12(2)3/h12-13H,6-11,14H2,1-5H3. The highest BCUT2D eigenvalue weighted by Gasteiger charge is 2.10. The van der Waals surface area contributed by atoms with Gasteiger partial charge in [-0.15, -0.1) is 0 Å². The third kappa shape index (κ3) is 9.13. The van der Waals surface area contributed by atoms with Crippen molar-refractivity contribution in [3.8, 4) is 0 Å². The lowest BCUT2D eigenvalue weighted by molar-refractivity contribution is 0.242. The fourth-order valence-corrected chi connectivity index (χ4v) is 2.00. The molecule has 0 aromatic heterocycles. The third-order valence-electron chi connectivity index (χ3n) is 2.79. The van der Waals surface area contributed by atoms with Crippen LogP contribution in [0.15, 0.2) is 0 Å². The van der Waals surface area contributed by atoms with E-state index in [2.05, 4.69) is 44.7 Å². The molecule has 0 aliphatic carbocycles. The Labute approximate surface area is 102 Å². The molecule has 0 amide bonds. The molecule has 16 heavy (non-hydrogen) atoms. The average molecular weight is 229 g/mol. The first kappa shape index (κ1) is 15.9. The normalized spacial score (nSPS) is 14.1. The second-order valence-corrected chi connectivity index (χ2v) is 5.44. The van der Waals surface area contributed by atoms with Gasteiger partial charge in [0, 0.05) is 12.6 Å². The molecular formula is C13H31N3. The minimum absolute atomic E-state index is 0.333. The summed E-state index contributed by atoms with van der Waals surface area (Å²) in [4.78, 5) is 4.71. The van der Waals surface area contributed by atoms with Crippen molar-refractivity contribution >= 4 is 0 Å². The molecule has 0 rings (SSSR count). The first-order valence-corrected chi connectivity index (χ1v) is 6.58. The number of nitrogens with zero attached hydrogens (tertiary/aromatic N) is 2. The summed E-state index contributed by atoms with van der Waals surface area (Å²) in [7, 11) is 4.25. The zero-order chi connectivity index (χ0) is 12.6. The molecule has 0 aliphatic rings. The highest BCUT2D eigenvalue weighted by atomic mass is 15.1. The third-order valence-corrected chi connectivity index (χ3v) is 2.79. The smallest absolute Gasteiger partial charge is 0.0170 e. The molecule has 0 fully saturated rings. The molecular weight excluding hydrogens is 198 g/mol. The monoisotopic (exact) mass is 229 g/mol. The van der Waals surface area contributed by atoms with Gasteiger partial charge < -0.3 is 15.5 Å². The Bertz CT molecular complexity index is 157. The van der Waals surface area contributed by atoms with Crippen LogP contribution in [0.2, 0.25) is 0 Å². The Morgan fingerprint density at radius 3 is 2.19 bits per heavy atom. The number of hydrogen-bond acceptors (Lipinski definition) is 3. The maximum Gasteiger partial charge on any atom is 0.0170 e. The van der Waals surface area contributed by atoms with E-state index in [4.69, 9.17) is 5.73 Å². The zero-order valence-corrected chi connectivity index (χ0v) is 11.9. The Morgan fingerprint density at radius 1 is 1.12 bits per heavy atom. The zero-order valence-electron chi connectivity index (χ0n) is 11.9. The molecule has 0 aromatic rings. The Morgan fingerprint density at radius 2 is 1.75 bits per heavy atom. The van der Waals surface area contributed by atoms with Gasteiger partial charge in [0.2, 0.25) is 0 Å². The van der Waals surface area contributed by atoms with Crippen LogP contribution in [0, 0.1) is 5.92 Å². The molecule has 0 saturated carbocycles. The van der Waals surface area contributed by atoms with Gasteiger partial charge in [-0.2, -0.15) is 0 Å². The molecule has 1 atom stereocenters. The predicted molar refractivity (Wildman–Crippen MR) is 72.7 cm³/mol. The van der Waals surface area contributed by atoms with Crippen molar-refractivity contribution < 1.29 is 0 Å². The molecule has 0 saturated heterocycles. The van der Waals surface area contributed by atoms with Crippen molar-refractivity contribution in [3.63, 3.8) is 0 Å². The minimum atomic E-state index is 0.333. The van der Waals surface area contributed by atoms with Crippen LogP contribution in [-0.2, 0) is 0 Å². The van der Waals surface area contributed by atoms with Crippen LogP contribution in [0.1, 0.15) is 33.6 Å². The maximum absolute atomic E-state index is 6.13. The molecule has 1 unspecified atom stereocenters. The Hall–Kier alpha value is -0.120. The number of hydrogen-bond donors (Lipinski definition) is 1. The predicted octanol–water partition coefficient (Wildman–Crippen LogP) is 1.63. The second kappa shape index (κ2) is 8.97. The van der Waals surface area contributed by atoms with E-state index in [1.165, 1.54) is 13.0 Å². The summed E-state index contributed by atoms with van der Waals surface area (Å²) in [6, 6.07) is 0.333. The van der Waals surface area contributed by atoms with Crippen molar-refractivity contribution in [2.24, 2.45) is 11.7 Å². The highest BCUT2D eigenvalue weighted by molar-refractivity contribution is 4.69. The van der Waals surface area contributed by atoms with Crippen molar-refractivity contribution in [2.45, 2.75) is 39.7 Å². The van der Waals surface area contributed by atoms with Gasteiger partial charge in [-0.1, -0.05) is 20.8 Å². The summed E-state index contributed by atoms with van der Waals surface area (Å²) in [5, 5.41) is 0. The fraction of sp³-hybridized carbons (Fsp3) is 1.00. The van der Waals surface area contributed by atoms with Crippen LogP contribution in [0.4, 0.5) is 0 Å². The summed E-state index contributed by atoms with van der Waals surface area (Å²) < 4.78 is 0. The van der Waals surface area contributed by atoms with Gasteiger partial charge in [0.05, 0.1) is 0 Å². The number of nitrogens with two attached hydrogens (primary N) is 1. The van der Waals surface area contributed by atoms with Crippen LogP contribution < -0.4 is 5.73 Å². The lowest BCUT2D eigenvalue weighted by Crippen LogP contribution is -2.39. The Balaban J connectivity index is 3.73. The maximum atomic E-state index is 6.13. The first-order chi connectivity index (χ1) is 7.45. The Kier molecular flexibility index (Phi) is 8.90. The van der Waals surface area contributed by atoms with Gasteiger partial charge in [0.15, 0.2) is 0 Å². The molecule has 0 aliphatic heterocycles. The lowest BCUT2D eigenvalue weighted by Gasteiger charge is -2.25. The largest absolute Gasteiger partial charge is 0.327 e. The molecule has 3 heteroatoms. The van der Waals surface area contributed by atoms with Crippen molar-refractivity contribution in [2.75, 3.05) is 40.3 Å². The van der Waals surface area contributed by atoms with E-state index in [0.717, 1.165) is 26.1 Å². The van der Waals surface area contributed by atoms with Crippen LogP contribution in [0.5, 0.6) is 0 Å². The SMILES string of the molecule is CCN(CCCN(C)C)CC(N)CC(C)C. The van der Waals surface area contributed by atoms with Gasteiger partial charge in [0.1, 0.15) is 0 Å². The van der Waals surface area contributed by atoms with Gasteiger partial charge in [-0.25, -0.2) is 0 Å². The van der Waals surface area contributed by atoms with E-state index >= 15 is 0 Å². The summed E-state index contributed by atoms with van der Waals surface area (Å²) in [6.07, 6.45) is 2.36. The van der Waals surface area contributed by atoms with E-state index in [9.17, 15) is 0 Å². The van der Waals surface area contributed by atoms with E-state index in [1.807, 2.05) is 0 Å². The van der Waals surface area contributed by atoms with Gasteiger partial charge in [0.25, 0.3) is 0 Å². The number of likely N-dealkylation sites (N-methyl/N-ethyl adjacent to an activating group) is 1. The molecule has 3 nitrogen and oxygen atoms in total. The van der Waals surface area contributed by atoms with Crippen LogP contribution in [-0.4, -0.2) is 56.1 Å². The first-order valence-electron chi connectivity index (χ1n) is 6.58. The fourth-order valence-electron chi connectivity index (χ4n) is 2.00. The van der Waals surface area contributed by atoms with Crippen LogP contribution in [0.3, 0.4) is 0 Å². The van der Waals surface area contributed by atoms with Crippen LogP contribution in [0.25, 0.3) is 0 Å². The average Bonchev–Trinajstić information content (AvgIpc) is 2.14. The van der Waals surface area contributed by atoms with Gasteiger partial charge in [-0.05, 0) is 52.5 Å². The molecule has 2 N–H and O–H groups in total. The van der Waals surface area contributed by atoms with Crippen molar-refractivity contribution in [1.82, 2.24) is 9.80 Å². The number of rotatable bonds is 9. The summed E-state index contributed by atoms with van der Waals surface area (Å²) >= 11 is 0. The molecule has 0 spiro atoms. The van der Waals surface area contributed by atoms with Crippen molar-refractivity contribution in [3.05, 3.63) is 0 Å². The van der Waals surface area contributed by atoms with E-state index < -0.39 is 0 Å². The summed E-state index contributed by atoms with van der Waals surface area (Å²) in [6.45, 7) is 11.2. The quantitative estimate of drug-likeness (QED) is 0.652.